The van der Waals surface area contributed by atoms with Gasteiger partial charge in [0.25, 0.3) is 0 Å². The van der Waals surface area contributed by atoms with E-state index in [9.17, 15) is 0 Å². The Balaban J connectivity index is 2.08. The van der Waals surface area contributed by atoms with Gasteiger partial charge in [-0.15, -0.1) is 11.8 Å². The first-order valence-corrected chi connectivity index (χ1v) is 8.03. The van der Waals surface area contributed by atoms with Crippen molar-refractivity contribution in [1.29, 1.82) is 0 Å². The summed E-state index contributed by atoms with van der Waals surface area (Å²) in [5, 5.41) is 4.39. The zero-order chi connectivity index (χ0) is 16.2. The molecular weight excluding hydrogens is 294 g/mol. The SMILES string of the molecule is CN(C)c1nccnc1NCc1ccnc(SC(C)(C)C)c1. The van der Waals surface area contributed by atoms with Gasteiger partial charge in [0.05, 0.1) is 5.03 Å². The van der Waals surface area contributed by atoms with Crippen LogP contribution in [0.3, 0.4) is 0 Å². The number of anilines is 2. The minimum absolute atomic E-state index is 0.155. The molecule has 2 heterocycles. The normalized spacial score (nSPS) is 11.3. The highest BCUT2D eigenvalue weighted by atomic mass is 32.2. The van der Waals surface area contributed by atoms with Crippen molar-refractivity contribution in [3.63, 3.8) is 0 Å². The topological polar surface area (TPSA) is 53.9 Å². The molecular formula is C16H23N5S. The van der Waals surface area contributed by atoms with Crippen LogP contribution in [0.2, 0.25) is 0 Å². The highest BCUT2D eigenvalue weighted by molar-refractivity contribution is 8.00. The molecule has 0 aliphatic carbocycles. The Morgan fingerprint density at radius 1 is 1.09 bits per heavy atom. The lowest BCUT2D eigenvalue weighted by molar-refractivity contribution is 0.799. The first-order valence-electron chi connectivity index (χ1n) is 7.21. The molecule has 0 bridgehead atoms. The Hall–Kier alpha value is -1.82. The minimum Gasteiger partial charge on any atom is -0.363 e. The average molecular weight is 317 g/mol. The van der Waals surface area contributed by atoms with E-state index in [1.54, 1.807) is 24.2 Å². The minimum atomic E-state index is 0.155. The largest absolute Gasteiger partial charge is 0.363 e. The molecule has 0 radical (unpaired) electrons. The second-order valence-corrected chi connectivity index (χ2v) is 8.04. The molecule has 0 atom stereocenters. The zero-order valence-electron chi connectivity index (χ0n) is 13.8. The molecule has 0 amide bonds. The standard InChI is InChI=1S/C16H23N5S/c1-16(2,3)22-13-10-12(6-7-17-13)11-20-14-15(21(4)5)19-9-8-18-14/h6-10H,11H2,1-5H3,(H,18,20). The Labute approximate surface area is 136 Å². The van der Waals surface area contributed by atoms with Crippen molar-refractivity contribution >= 4 is 23.4 Å². The number of nitrogens with one attached hydrogen (secondary N) is 1. The Morgan fingerprint density at radius 2 is 1.82 bits per heavy atom. The predicted octanol–water partition coefficient (Wildman–Crippen LogP) is 3.44. The number of nitrogens with zero attached hydrogens (tertiary/aromatic N) is 4. The third kappa shape index (κ3) is 4.87. The molecule has 0 saturated carbocycles. The molecule has 2 aromatic heterocycles. The number of rotatable bonds is 5. The molecule has 0 spiro atoms. The van der Waals surface area contributed by atoms with Crippen molar-refractivity contribution in [2.24, 2.45) is 0 Å². The van der Waals surface area contributed by atoms with Crippen molar-refractivity contribution in [2.75, 3.05) is 24.3 Å². The maximum atomic E-state index is 4.42. The van der Waals surface area contributed by atoms with E-state index in [4.69, 9.17) is 0 Å². The molecule has 0 fully saturated rings. The lowest BCUT2D eigenvalue weighted by Crippen LogP contribution is -2.15. The smallest absolute Gasteiger partial charge is 0.171 e. The molecule has 0 aliphatic heterocycles. The van der Waals surface area contributed by atoms with Crippen LogP contribution in [0.4, 0.5) is 11.6 Å². The summed E-state index contributed by atoms with van der Waals surface area (Å²) >= 11 is 1.77. The molecule has 5 nitrogen and oxygen atoms in total. The molecule has 2 aromatic rings. The van der Waals surface area contributed by atoms with Crippen molar-refractivity contribution in [1.82, 2.24) is 15.0 Å². The number of pyridine rings is 1. The van der Waals surface area contributed by atoms with Crippen LogP contribution in [0.15, 0.2) is 35.7 Å². The third-order valence-corrected chi connectivity index (χ3v) is 3.82. The molecule has 6 heteroatoms. The third-order valence-electron chi connectivity index (χ3n) is 2.77. The van der Waals surface area contributed by atoms with Crippen molar-refractivity contribution < 1.29 is 0 Å². The highest BCUT2D eigenvalue weighted by Crippen LogP contribution is 2.30. The van der Waals surface area contributed by atoms with Crippen LogP contribution < -0.4 is 10.2 Å². The van der Waals surface area contributed by atoms with E-state index >= 15 is 0 Å². The zero-order valence-corrected chi connectivity index (χ0v) is 14.6. The van der Waals surface area contributed by atoms with E-state index in [0.717, 1.165) is 16.7 Å². The van der Waals surface area contributed by atoms with Crippen molar-refractivity contribution in [3.05, 3.63) is 36.3 Å². The van der Waals surface area contributed by atoms with Crippen LogP contribution in [-0.2, 0) is 6.54 Å². The van der Waals surface area contributed by atoms with E-state index in [0.29, 0.717) is 6.54 Å². The van der Waals surface area contributed by atoms with Gasteiger partial charge < -0.3 is 10.2 Å². The van der Waals surface area contributed by atoms with Gasteiger partial charge in [-0.3, -0.25) is 0 Å². The molecule has 118 valence electrons. The van der Waals surface area contributed by atoms with E-state index in [2.05, 4.69) is 47.1 Å². The second-order valence-electron chi connectivity index (χ2n) is 6.19. The summed E-state index contributed by atoms with van der Waals surface area (Å²) in [4.78, 5) is 15.1. The van der Waals surface area contributed by atoms with Gasteiger partial charge in [-0.2, -0.15) is 0 Å². The van der Waals surface area contributed by atoms with Gasteiger partial charge in [0.1, 0.15) is 0 Å². The van der Waals surface area contributed by atoms with Crippen molar-refractivity contribution in [2.45, 2.75) is 37.1 Å². The van der Waals surface area contributed by atoms with Gasteiger partial charge in [-0.25, -0.2) is 15.0 Å². The molecule has 0 saturated heterocycles. The van der Waals surface area contributed by atoms with Gasteiger partial charge in [-0.1, -0.05) is 20.8 Å². The number of hydrogen-bond acceptors (Lipinski definition) is 6. The maximum absolute atomic E-state index is 4.42. The summed E-state index contributed by atoms with van der Waals surface area (Å²) in [5.74, 6) is 1.62. The summed E-state index contributed by atoms with van der Waals surface area (Å²) in [6, 6.07) is 4.14. The van der Waals surface area contributed by atoms with Crippen LogP contribution in [0.1, 0.15) is 26.3 Å². The Bertz CT molecular complexity index is 622. The van der Waals surface area contributed by atoms with E-state index < -0.39 is 0 Å². The van der Waals surface area contributed by atoms with Crippen LogP contribution in [0, 0.1) is 0 Å². The van der Waals surface area contributed by atoms with Gasteiger partial charge >= 0.3 is 0 Å². The van der Waals surface area contributed by atoms with Crippen LogP contribution >= 0.6 is 11.8 Å². The lowest BCUT2D eigenvalue weighted by Gasteiger charge is -2.18. The summed E-state index contributed by atoms with van der Waals surface area (Å²) in [6.07, 6.45) is 5.25. The lowest BCUT2D eigenvalue weighted by atomic mass is 10.2. The van der Waals surface area contributed by atoms with Crippen LogP contribution in [0.25, 0.3) is 0 Å². The second kappa shape index (κ2) is 6.96. The monoisotopic (exact) mass is 317 g/mol. The first-order chi connectivity index (χ1) is 10.3. The van der Waals surface area contributed by atoms with Gasteiger partial charge in [0, 0.05) is 44.0 Å². The van der Waals surface area contributed by atoms with E-state index in [1.165, 1.54) is 5.56 Å². The Kier molecular flexibility index (Phi) is 5.24. The molecule has 2 rings (SSSR count). The number of aromatic nitrogens is 3. The molecule has 0 aromatic carbocycles. The van der Waals surface area contributed by atoms with E-state index in [-0.39, 0.29) is 4.75 Å². The van der Waals surface area contributed by atoms with Gasteiger partial charge in [-0.05, 0) is 17.7 Å². The first kappa shape index (κ1) is 16.5. The molecule has 1 N–H and O–H groups in total. The number of thioether (sulfide) groups is 1. The fraction of sp³-hybridized carbons (Fsp3) is 0.438. The molecule has 22 heavy (non-hydrogen) atoms. The quantitative estimate of drug-likeness (QED) is 0.853. The van der Waals surface area contributed by atoms with Crippen molar-refractivity contribution in [3.8, 4) is 0 Å². The van der Waals surface area contributed by atoms with E-state index in [1.807, 2.05) is 31.3 Å². The summed E-state index contributed by atoms with van der Waals surface area (Å²) < 4.78 is 0.155. The maximum Gasteiger partial charge on any atom is 0.171 e. The molecule has 0 unspecified atom stereocenters. The van der Waals surface area contributed by atoms with Crippen LogP contribution in [-0.4, -0.2) is 33.8 Å². The summed E-state index contributed by atoms with van der Waals surface area (Å²) in [6.45, 7) is 7.26. The van der Waals surface area contributed by atoms with Crippen LogP contribution in [0.5, 0.6) is 0 Å². The summed E-state index contributed by atoms with van der Waals surface area (Å²) in [5.41, 5.74) is 1.18. The fourth-order valence-electron chi connectivity index (χ4n) is 1.90. The number of hydrogen-bond donors (Lipinski definition) is 1. The highest BCUT2D eigenvalue weighted by Gasteiger charge is 2.13. The van der Waals surface area contributed by atoms with Gasteiger partial charge in [0.15, 0.2) is 11.6 Å². The fourth-order valence-corrected chi connectivity index (χ4v) is 2.85. The summed E-state index contributed by atoms with van der Waals surface area (Å²) in [7, 11) is 3.92. The predicted molar refractivity (Wildman–Crippen MR) is 93.5 cm³/mol. The van der Waals surface area contributed by atoms with Gasteiger partial charge in [0.2, 0.25) is 0 Å². The molecule has 0 aliphatic rings. The average Bonchev–Trinajstić information content (AvgIpc) is 2.44. The Morgan fingerprint density at radius 3 is 2.50 bits per heavy atom.